The van der Waals surface area contributed by atoms with Crippen molar-refractivity contribution in [3.05, 3.63) is 23.8 Å². The van der Waals surface area contributed by atoms with Gasteiger partial charge in [-0.3, -0.25) is 4.79 Å². The largest absolute Gasteiger partial charge is 0.398 e. The fraction of sp³-hybridized carbons (Fsp3) is 0.533. The smallest absolute Gasteiger partial charge is 0.230 e. The van der Waals surface area contributed by atoms with Gasteiger partial charge in [-0.2, -0.15) is 0 Å². The van der Waals surface area contributed by atoms with Gasteiger partial charge in [0.05, 0.1) is 0 Å². The summed E-state index contributed by atoms with van der Waals surface area (Å²) in [6, 6.07) is 5.87. The molecule has 4 nitrogen and oxygen atoms in total. The average Bonchev–Trinajstić information content (AvgIpc) is 2.47. The summed E-state index contributed by atoms with van der Waals surface area (Å²) < 4.78 is 5.34. The Bertz CT molecular complexity index is 481. The second kappa shape index (κ2) is 5.21. The monoisotopic (exact) mass is 260 g/mol. The van der Waals surface area contributed by atoms with Crippen molar-refractivity contribution in [1.29, 1.82) is 0 Å². The van der Waals surface area contributed by atoms with Crippen LogP contribution < -0.4 is 10.6 Å². The highest BCUT2D eigenvalue weighted by Crippen LogP contribution is 2.33. The zero-order chi connectivity index (χ0) is 13.2. The molecular weight excluding hydrogens is 240 g/mol. The molecule has 0 bridgehead atoms. The number of benzene rings is 1. The molecule has 0 radical (unpaired) electrons. The number of anilines is 2. The maximum Gasteiger partial charge on any atom is 0.230 e. The molecule has 2 N–H and O–H groups in total. The van der Waals surface area contributed by atoms with E-state index in [2.05, 4.69) is 0 Å². The van der Waals surface area contributed by atoms with Gasteiger partial charge in [-0.15, -0.1) is 0 Å². The van der Waals surface area contributed by atoms with Crippen molar-refractivity contribution in [2.75, 3.05) is 30.4 Å². The minimum atomic E-state index is 0.112. The number of amides is 1. The van der Waals surface area contributed by atoms with E-state index in [1.807, 2.05) is 23.1 Å². The van der Waals surface area contributed by atoms with E-state index in [0.717, 1.165) is 49.2 Å². The Morgan fingerprint density at radius 3 is 2.89 bits per heavy atom. The summed E-state index contributed by atoms with van der Waals surface area (Å²) in [7, 11) is 0. The Morgan fingerprint density at radius 2 is 2.11 bits per heavy atom. The minimum Gasteiger partial charge on any atom is -0.398 e. The fourth-order valence-corrected chi connectivity index (χ4v) is 3.05. The lowest BCUT2D eigenvalue weighted by atomic mass is 9.94. The molecule has 0 aliphatic carbocycles. The second-order valence-electron chi connectivity index (χ2n) is 5.32. The van der Waals surface area contributed by atoms with Gasteiger partial charge in [0.25, 0.3) is 0 Å². The topological polar surface area (TPSA) is 55.6 Å². The van der Waals surface area contributed by atoms with Crippen molar-refractivity contribution >= 4 is 17.3 Å². The van der Waals surface area contributed by atoms with Gasteiger partial charge in [0.2, 0.25) is 5.91 Å². The van der Waals surface area contributed by atoms with Gasteiger partial charge in [0.1, 0.15) is 0 Å². The minimum absolute atomic E-state index is 0.112. The molecule has 0 atom stereocenters. The van der Waals surface area contributed by atoms with Crippen LogP contribution in [0.5, 0.6) is 0 Å². The molecule has 102 valence electrons. The first-order valence-electron chi connectivity index (χ1n) is 7.04. The van der Waals surface area contributed by atoms with Gasteiger partial charge >= 0.3 is 0 Å². The molecule has 1 saturated heterocycles. The van der Waals surface area contributed by atoms with E-state index < -0.39 is 0 Å². The summed E-state index contributed by atoms with van der Waals surface area (Å²) in [5.41, 5.74) is 8.98. The molecule has 1 aromatic rings. The van der Waals surface area contributed by atoms with Crippen LogP contribution in [0.4, 0.5) is 11.4 Å². The number of hydrogen-bond acceptors (Lipinski definition) is 3. The third-order valence-electron chi connectivity index (χ3n) is 4.12. The van der Waals surface area contributed by atoms with Crippen molar-refractivity contribution in [3.8, 4) is 0 Å². The van der Waals surface area contributed by atoms with Crippen LogP contribution in [0.1, 0.15) is 24.8 Å². The number of nitrogen functional groups attached to an aromatic ring is 1. The van der Waals surface area contributed by atoms with E-state index >= 15 is 0 Å². The first-order valence-corrected chi connectivity index (χ1v) is 7.04. The summed E-state index contributed by atoms with van der Waals surface area (Å²) in [5, 5.41) is 0. The SMILES string of the molecule is Nc1cccc2c1CCCN2C(=O)C1CCOCC1. The van der Waals surface area contributed by atoms with E-state index in [9.17, 15) is 4.79 Å². The Balaban J connectivity index is 1.86. The number of nitrogens with zero attached hydrogens (tertiary/aromatic N) is 1. The highest BCUT2D eigenvalue weighted by molar-refractivity contribution is 5.97. The van der Waals surface area contributed by atoms with Crippen molar-refractivity contribution in [3.63, 3.8) is 0 Å². The van der Waals surface area contributed by atoms with Crippen LogP contribution in [0.15, 0.2) is 18.2 Å². The molecule has 19 heavy (non-hydrogen) atoms. The molecular formula is C15H20N2O2. The van der Waals surface area contributed by atoms with Gasteiger partial charge in [-0.25, -0.2) is 0 Å². The molecule has 2 aliphatic heterocycles. The molecule has 2 heterocycles. The van der Waals surface area contributed by atoms with E-state index in [-0.39, 0.29) is 11.8 Å². The zero-order valence-corrected chi connectivity index (χ0v) is 11.1. The number of ether oxygens (including phenoxy) is 1. The van der Waals surface area contributed by atoms with Crippen LogP contribution >= 0.6 is 0 Å². The summed E-state index contributed by atoms with van der Waals surface area (Å²) >= 11 is 0. The molecule has 0 saturated carbocycles. The number of carbonyl (C=O) groups excluding carboxylic acids is 1. The summed E-state index contributed by atoms with van der Waals surface area (Å²) in [6.45, 7) is 2.22. The molecule has 4 heteroatoms. The Kier molecular flexibility index (Phi) is 3.42. The highest BCUT2D eigenvalue weighted by Gasteiger charge is 2.30. The molecule has 1 fully saturated rings. The first kappa shape index (κ1) is 12.5. The van der Waals surface area contributed by atoms with Crippen LogP contribution in [-0.2, 0) is 16.0 Å². The second-order valence-corrected chi connectivity index (χ2v) is 5.32. The van der Waals surface area contributed by atoms with Gasteiger partial charge in [-0.1, -0.05) is 6.07 Å². The van der Waals surface area contributed by atoms with Gasteiger partial charge in [0.15, 0.2) is 0 Å². The molecule has 1 amide bonds. The molecule has 0 spiro atoms. The summed E-state index contributed by atoms with van der Waals surface area (Å²) in [5.74, 6) is 0.357. The van der Waals surface area contributed by atoms with Crippen LogP contribution in [0.3, 0.4) is 0 Å². The van der Waals surface area contributed by atoms with Crippen LogP contribution in [0.2, 0.25) is 0 Å². The Hall–Kier alpha value is -1.55. The number of rotatable bonds is 1. The van der Waals surface area contributed by atoms with Crippen molar-refractivity contribution in [2.45, 2.75) is 25.7 Å². The number of carbonyl (C=O) groups is 1. The third kappa shape index (κ3) is 2.32. The quantitative estimate of drug-likeness (QED) is 0.785. The van der Waals surface area contributed by atoms with Crippen molar-refractivity contribution < 1.29 is 9.53 Å². The van der Waals surface area contributed by atoms with E-state index in [0.29, 0.717) is 13.2 Å². The molecule has 1 aromatic carbocycles. The normalized spacial score (nSPS) is 20.1. The lowest BCUT2D eigenvalue weighted by Gasteiger charge is -2.34. The maximum absolute atomic E-state index is 12.7. The molecule has 3 rings (SSSR count). The van der Waals surface area contributed by atoms with Crippen LogP contribution in [-0.4, -0.2) is 25.7 Å². The molecule has 0 aromatic heterocycles. The third-order valence-corrected chi connectivity index (χ3v) is 4.12. The van der Waals surface area contributed by atoms with E-state index in [1.165, 1.54) is 0 Å². The first-order chi connectivity index (χ1) is 9.27. The number of hydrogen-bond donors (Lipinski definition) is 1. The van der Waals surface area contributed by atoms with Crippen molar-refractivity contribution in [2.24, 2.45) is 5.92 Å². The summed E-state index contributed by atoms with van der Waals surface area (Å²) in [6.07, 6.45) is 3.65. The van der Waals surface area contributed by atoms with Gasteiger partial charge in [0, 0.05) is 37.1 Å². The standard InChI is InChI=1S/C15H20N2O2/c16-13-4-1-5-14-12(13)3-2-8-17(14)15(18)11-6-9-19-10-7-11/h1,4-5,11H,2-3,6-10,16H2. The molecule has 2 aliphatic rings. The Labute approximate surface area is 113 Å². The number of fused-ring (bicyclic) bond motifs is 1. The van der Waals surface area contributed by atoms with Gasteiger partial charge < -0.3 is 15.4 Å². The van der Waals surface area contributed by atoms with E-state index in [1.54, 1.807) is 0 Å². The highest BCUT2D eigenvalue weighted by atomic mass is 16.5. The zero-order valence-electron chi connectivity index (χ0n) is 11.1. The average molecular weight is 260 g/mol. The van der Waals surface area contributed by atoms with Crippen LogP contribution in [0.25, 0.3) is 0 Å². The van der Waals surface area contributed by atoms with Gasteiger partial charge in [-0.05, 0) is 43.4 Å². The maximum atomic E-state index is 12.7. The predicted molar refractivity (Wildman–Crippen MR) is 75.1 cm³/mol. The summed E-state index contributed by atoms with van der Waals surface area (Å²) in [4.78, 5) is 14.6. The fourth-order valence-electron chi connectivity index (χ4n) is 3.05. The number of nitrogens with two attached hydrogens (primary N) is 1. The predicted octanol–water partition coefficient (Wildman–Crippen LogP) is 1.97. The van der Waals surface area contributed by atoms with E-state index in [4.69, 9.17) is 10.5 Å². The lowest BCUT2D eigenvalue weighted by molar-refractivity contribution is -0.125. The Morgan fingerprint density at radius 1 is 1.32 bits per heavy atom. The molecule has 0 unspecified atom stereocenters. The van der Waals surface area contributed by atoms with Crippen LogP contribution in [0, 0.1) is 5.92 Å². The van der Waals surface area contributed by atoms with Crippen molar-refractivity contribution in [1.82, 2.24) is 0 Å². The lowest BCUT2D eigenvalue weighted by Crippen LogP contribution is -2.41.